The van der Waals surface area contributed by atoms with Crippen LogP contribution in [0.2, 0.25) is 5.02 Å². The lowest BCUT2D eigenvalue weighted by atomic mass is 10.1. The van der Waals surface area contributed by atoms with Crippen molar-refractivity contribution in [3.63, 3.8) is 0 Å². The summed E-state index contributed by atoms with van der Waals surface area (Å²) in [7, 11) is 0. The molecule has 0 bridgehead atoms. The van der Waals surface area contributed by atoms with Crippen molar-refractivity contribution in [1.29, 1.82) is 0 Å². The molecule has 82 valence electrons. The van der Waals surface area contributed by atoms with Gasteiger partial charge in [0.05, 0.1) is 10.9 Å². The average molecular weight is 228 g/mol. The van der Waals surface area contributed by atoms with Gasteiger partial charge in [0.2, 0.25) is 5.91 Å². The number of nitrogens with zero attached hydrogens (tertiary/aromatic N) is 1. The molecule has 0 aliphatic carbocycles. The minimum absolute atomic E-state index is 0.102. The van der Waals surface area contributed by atoms with Crippen LogP contribution < -0.4 is 11.1 Å². The second-order valence-corrected chi connectivity index (χ2v) is 3.63. The molecule has 4 nitrogen and oxygen atoms in total. The number of pyridine rings is 1. The number of rotatable bonds is 4. The first kappa shape index (κ1) is 11.9. The van der Waals surface area contributed by atoms with Crippen molar-refractivity contribution < 1.29 is 4.79 Å². The van der Waals surface area contributed by atoms with Crippen LogP contribution >= 0.6 is 11.6 Å². The zero-order valence-corrected chi connectivity index (χ0v) is 9.29. The second-order valence-electron chi connectivity index (χ2n) is 3.19. The molecule has 0 radical (unpaired) electrons. The molecule has 0 spiro atoms. The number of nitrogens with one attached hydrogen (secondary N) is 1. The molecule has 1 aromatic heterocycles. The SMILES string of the molecule is CCC(CN)C(=O)Nc1ccc(Cl)cn1. The Kier molecular flexibility index (Phi) is 4.52. The van der Waals surface area contributed by atoms with Gasteiger partial charge in [-0.15, -0.1) is 0 Å². The monoisotopic (exact) mass is 227 g/mol. The Labute approximate surface area is 93.8 Å². The van der Waals surface area contributed by atoms with E-state index in [9.17, 15) is 4.79 Å². The van der Waals surface area contributed by atoms with Crippen LogP contribution in [0.1, 0.15) is 13.3 Å². The molecule has 0 aromatic carbocycles. The summed E-state index contributed by atoms with van der Waals surface area (Å²) in [6.45, 7) is 2.27. The summed E-state index contributed by atoms with van der Waals surface area (Å²) >= 11 is 5.67. The number of amides is 1. The molecule has 0 saturated heterocycles. The molecule has 0 fully saturated rings. The Morgan fingerprint density at radius 2 is 2.40 bits per heavy atom. The van der Waals surface area contributed by atoms with Gasteiger partial charge in [-0.05, 0) is 18.6 Å². The molecule has 1 amide bonds. The Morgan fingerprint density at radius 1 is 1.67 bits per heavy atom. The molecule has 1 heterocycles. The van der Waals surface area contributed by atoms with Crippen LogP contribution in [0.4, 0.5) is 5.82 Å². The molecule has 0 aliphatic rings. The van der Waals surface area contributed by atoms with Crippen LogP contribution in [0, 0.1) is 5.92 Å². The highest BCUT2D eigenvalue weighted by molar-refractivity contribution is 6.30. The lowest BCUT2D eigenvalue weighted by Crippen LogP contribution is -2.28. The van der Waals surface area contributed by atoms with Gasteiger partial charge in [-0.3, -0.25) is 4.79 Å². The van der Waals surface area contributed by atoms with Gasteiger partial charge in [0.25, 0.3) is 0 Å². The third kappa shape index (κ3) is 3.49. The maximum atomic E-state index is 11.6. The van der Waals surface area contributed by atoms with E-state index in [1.165, 1.54) is 6.20 Å². The Hall–Kier alpha value is -1.13. The molecule has 1 atom stereocenters. The number of anilines is 1. The Balaban J connectivity index is 2.61. The Morgan fingerprint density at radius 3 is 2.87 bits per heavy atom. The molecular weight excluding hydrogens is 214 g/mol. The number of carbonyl (C=O) groups is 1. The molecule has 1 aromatic rings. The lowest BCUT2D eigenvalue weighted by Gasteiger charge is -2.11. The first-order chi connectivity index (χ1) is 7.17. The topological polar surface area (TPSA) is 68.0 Å². The van der Waals surface area contributed by atoms with Crippen LogP contribution in [-0.2, 0) is 4.79 Å². The predicted octanol–water partition coefficient (Wildman–Crippen LogP) is 1.66. The van der Waals surface area contributed by atoms with Crippen molar-refractivity contribution >= 4 is 23.3 Å². The van der Waals surface area contributed by atoms with Crippen molar-refractivity contribution in [2.75, 3.05) is 11.9 Å². The molecule has 5 heteroatoms. The van der Waals surface area contributed by atoms with Crippen LogP contribution in [0.5, 0.6) is 0 Å². The summed E-state index contributed by atoms with van der Waals surface area (Å²) in [5.74, 6) is 0.230. The molecule has 1 unspecified atom stereocenters. The van der Waals surface area contributed by atoms with Crippen LogP contribution in [-0.4, -0.2) is 17.4 Å². The highest BCUT2D eigenvalue weighted by atomic mass is 35.5. The normalized spacial score (nSPS) is 12.2. The zero-order valence-electron chi connectivity index (χ0n) is 8.53. The molecular formula is C10H14ClN3O. The largest absolute Gasteiger partial charge is 0.330 e. The lowest BCUT2D eigenvalue weighted by molar-refractivity contribution is -0.119. The number of nitrogens with two attached hydrogens (primary N) is 1. The first-order valence-corrected chi connectivity index (χ1v) is 5.17. The Bertz CT molecular complexity index is 322. The molecule has 1 rings (SSSR count). The number of aromatic nitrogens is 1. The predicted molar refractivity (Wildman–Crippen MR) is 60.7 cm³/mol. The van der Waals surface area contributed by atoms with Gasteiger partial charge in [0, 0.05) is 12.7 Å². The van der Waals surface area contributed by atoms with Gasteiger partial charge in [0.1, 0.15) is 5.82 Å². The maximum absolute atomic E-state index is 11.6. The van der Waals surface area contributed by atoms with Crippen LogP contribution in [0.25, 0.3) is 0 Å². The fraction of sp³-hybridized carbons (Fsp3) is 0.400. The summed E-state index contributed by atoms with van der Waals surface area (Å²) in [5.41, 5.74) is 5.46. The van der Waals surface area contributed by atoms with Crippen molar-refractivity contribution in [3.8, 4) is 0 Å². The second kappa shape index (κ2) is 5.68. The minimum Gasteiger partial charge on any atom is -0.330 e. The quantitative estimate of drug-likeness (QED) is 0.822. The van der Waals surface area contributed by atoms with E-state index >= 15 is 0 Å². The van der Waals surface area contributed by atoms with Crippen LogP contribution in [0.3, 0.4) is 0 Å². The number of hydrogen-bond donors (Lipinski definition) is 2. The molecule has 0 saturated carbocycles. The molecule has 15 heavy (non-hydrogen) atoms. The van der Waals surface area contributed by atoms with E-state index in [0.717, 1.165) is 6.42 Å². The summed E-state index contributed by atoms with van der Waals surface area (Å²) in [6.07, 6.45) is 2.20. The summed E-state index contributed by atoms with van der Waals surface area (Å²) in [4.78, 5) is 15.6. The van der Waals surface area contributed by atoms with Crippen molar-refractivity contribution in [3.05, 3.63) is 23.4 Å². The first-order valence-electron chi connectivity index (χ1n) is 4.79. The van der Waals surface area contributed by atoms with E-state index in [-0.39, 0.29) is 11.8 Å². The fourth-order valence-electron chi connectivity index (χ4n) is 1.14. The van der Waals surface area contributed by atoms with Crippen molar-refractivity contribution in [2.24, 2.45) is 11.7 Å². The number of halogens is 1. The van der Waals surface area contributed by atoms with Gasteiger partial charge in [0.15, 0.2) is 0 Å². The van der Waals surface area contributed by atoms with E-state index in [1.807, 2.05) is 6.92 Å². The van der Waals surface area contributed by atoms with Gasteiger partial charge in [-0.1, -0.05) is 18.5 Å². The highest BCUT2D eigenvalue weighted by Crippen LogP contribution is 2.11. The molecule has 3 N–H and O–H groups in total. The van der Waals surface area contributed by atoms with Gasteiger partial charge >= 0.3 is 0 Å². The summed E-state index contributed by atoms with van der Waals surface area (Å²) < 4.78 is 0. The number of carbonyl (C=O) groups excluding carboxylic acids is 1. The van der Waals surface area contributed by atoms with E-state index in [0.29, 0.717) is 17.4 Å². The van der Waals surface area contributed by atoms with Crippen molar-refractivity contribution in [2.45, 2.75) is 13.3 Å². The van der Waals surface area contributed by atoms with Gasteiger partial charge in [-0.25, -0.2) is 4.98 Å². The van der Waals surface area contributed by atoms with Crippen molar-refractivity contribution in [1.82, 2.24) is 4.98 Å². The average Bonchev–Trinajstić information content (AvgIpc) is 2.23. The molecule has 0 aliphatic heterocycles. The third-order valence-electron chi connectivity index (χ3n) is 2.13. The van der Waals surface area contributed by atoms with E-state index in [2.05, 4.69) is 10.3 Å². The number of hydrogen-bond acceptors (Lipinski definition) is 3. The summed E-state index contributed by atoms with van der Waals surface area (Å²) in [6, 6.07) is 3.33. The highest BCUT2D eigenvalue weighted by Gasteiger charge is 2.14. The smallest absolute Gasteiger partial charge is 0.229 e. The minimum atomic E-state index is -0.164. The maximum Gasteiger partial charge on any atom is 0.229 e. The van der Waals surface area contributed by atoms with Gasteiger partial charge < -0.3 is 11.1 Å². The third-order valence-corrected chi connectivity index (χ3v) is 2.35. The summed E-state index contributed by atoms with van der Waals surface area (Å²) in [5, 5.41) is 3.22. The fourth-order valence-corrected chi connectivity index (χ4v) is 1.25. The van der Waals surface area contributed by atoms with E-state index in [1.54, 1.807) is 12.1 Å². The van der Waals surface area contributed by atoms with E-state index < -0.39 is 0 Å². The standard InChI is InChI=1S/C10H14ClN3O/c1-2-7(5-12)10(15)14-9-4-3-8(11)6-13-9/h3-4,6-7H,2,5,12H2,1H3,(H,13,14,15). The van der Waals surface area contributed by atoms with Gasteiger partial charge in [-0.2, -0.15) is 0 Å². The van der Waals surface area contributed by atoms with Crippen LogP contribution in [0.15, 0.2) is 18.3 Å². The zero-order chi connectivity index (χ0) is 11.3. The van der Waals surface area contributed by atoms with E-state index in [4.69, 9.17) is 17.3 Å².